The van der Waals surface area contributed by atoms with E-state index >= 15 is 0 Å². The Morgan fingerprint density at radius 3 is 2.36 bits per heavy atom. The van der Waals surface area contributed by atoms with E-state index in [2.05, 4.69) is 22.5 Å². The summed E-state index contributed by atoms with van der Waals surface area (Å²) in [5.41, 5.74) is 3.90. The molecule has 1 heterocycles. The summed E-state index contributed by atoms with van der Waals surface area (Å²) in [6, 6.07) is 18.5. The number of aromatic nitrogens is 2. The first-order valence-electron chi connectivity index (χ1n) is 7.87. The SMILES string of the molecule is Cc1cc(CNCc2ccccc2)nn1-c1ccc(S(N)(=O)=O)cc1. The average Bonchev–Trinajstić information content (AvgIpc) is 2.96. The summed E-state index contributed by atoms with van der Waals surface area (Å²) in [5, 5.41) is 13.1. The van der Waals surface area contributed by atoms with Crippen LogP contribution in [0, 0.1) is 6.92 Å². The minimum atomic E-state index is -3.68. The van der Waals surface area contributed by atoms with Crippen LogP contribution < -0.4 is 10.5 Å². The van der Waals surface area contributed by atoms with Gasteiger partial charge in [0.15, 0.2) is 0 Å². The minimum Gasteiger partial charge on any atom is -0.307 e. The van der Waals surface area contributed by atoms with Crippen molar-refractivity contribution in [2.45, 2.75) is 24.9 Å². The van der Waals surface area contributed by atoms with Gasteiger partial charge >= 0.3 is 0 Å². The predicted molar refractivity (Wildman–Crippen MR) is 96.7 cm³/mol. The molecule has 0 spiro atoms. The van der Waals surface area contributed by atoms with Crippen molar-refractivity contribution in [3.8, 4) is 5.69 Å². The van der Waals surface area contributed by atoms with Crippen molar-refractivity contribution in [3.05, 3.63) is 77.6 Å². The Bertz CT molecular complexity index is 949. The van der Waals surface area contributed by atoms with E-state index in [-0.39, 0.29) is 4.90 Å². The normalized spacial score (nSPS) is 11.6. The number of aryl methyl sites for hydroxylation is 1. The second-order valence-electron chi connectivity index (χ2n) is 5.82. The zero-order valence-electron chi connectivity index (χ0n) is 13.9. The molecule has 1 aromatic heterocycles. The third kappa shape index (κ3) is 4.33. The average molecular weight is 356 g/mol. The first-order valence-corrected chi connectivity index (χ1v) is 9.41. The molecule has 0 saturated heterocycles. The van der Waals surface area contributed by atoms with Crippen LogP contribution in [0.4, 0.5) is 0 Å². The highest BCUT2D eigenvalue weighted by atomic mass is 32.2. The van der Waals surface area contributed by atoms with E-state index in [1.807, 2.05) is 31.2 Å². The summed E-state index contributed by atoms with van der Waals surface area (Å²) in [7, 11) is -3.68. The summed E-state index contributed by atoms with van der Waals surface area (Å²) in [6.45, 7) is 3.38. The molecular formula is C18H20N4O2S. The fourth-order valence-corrected chi connectivity index (χ4v) is 3.11. The van der Waals surface area contributed by atoms with E-state index in [9.17, 15) is 8.42 Å². The molecule has 0 saturated carbocycles. The van der Waals surface area contributed by atoms with E-state index in [0.29, 0.717) is 6.54 Å². The van der Waals surface area contributed by atoms with Gasteiger partial charge in [-0.15, -0.1) is 0 Å². The van der Waals surface area contributed by atoms with Crippen molar-refractivity contribution < 1.29 is 8.42 Å². The van der Waals surface area contributed by atoms with E-state index in [1.165, 1.54) is 17.7 Å². The van der Waals surface area contributed by atoms with E-state index in [0.717, 1.165) is 23.6 Å². The van der Waals surface area contributed by atoms with Gasteiger partial charge in [0.05, 0.1) is 16.3 Å². The number of primary sulfonamides is 1. The molecule has 0 fully saturated rings. The standard InChI is InChI=1S/C18H20N4O2S/c1-14-11-16(13-20-12-15-5-3-2-4-6-15)21-22(14)17-7-9-18(10-8-17)25(19,23)24/h2-11,20H,12-13H2,1H3,(H2,19,23,24). The molecule has 0 bridgehead atoms. The van der Waals surface area contributed by atoms with Crippen LogP contribution in [-0.2, 0) is 23.1 Å². The minimum absolute atomic E-state index is 0.0887. The van der Waals surface area contributed by atoms with E-state index < -0.39 is 10.0 Å². The lowest BCUT2D eigenvalue weighted by molar-refractivity contribution is 0.597. The van der Waals surface area contributed by atoms with Crippen LogP contribution in [0.5, 0.6) is 0 Å². The lowest BCUT2D eigenvalue weighted by Gasteiger charge is -2.05. The zero-order valence-corrected chi connectivity index (χ0v) is 14.7. The maximum atomic E-state index is 11.3. The Balaban J connectivity index is 1.70. The maximum Gasteiger partial charge on any atom is 0.238 e. The molecule has 2 aromatic carbocycles. The summed E-state index contributed by atoms with van der Waals surface area (Å²) in [5.74, 6) is 0. The molecule has 0 aliphatic heterocycles. The molecule has 0 aliphatic carbocycles. The molecule has 7 heteroatoms. The quantitative estimate of drug-likeness (QED) is 0.708. The smallest absolute Gasteiger partial charge is 0.238 e. The van der Waals surface area contributed by atoms with Crippen molar-refractivity contribution >= 4 is 10.0 Å². The Morgan fingerprint density at radius 2 is 1.72 bits per heavy atom. The van der Waals surface area contributed by atoms with Gasteiger partial charge in [0, 0.05) is 18.8 Å². The Hall–Kier alpha value is -2.48. The van der Waals surface area contributed by atoms with Crippen LogP contribution in [-0.4, -0.2) is 18.2 Å². The number of nitrogens with one attached hydrogen (secondary N) is 1. The summed E-state index contributed by atoms with van der Waals surface area (Å²) >= 11 is 0. The van der Waals surface area contributed by atoms with Crippen molar-refractivity contribution in [1.82, 2.24) is 15.1 Å². The van der Waals surface area contributed by atoms with Crippen molar-refractivity contribution in [2.75, 3.05) is 0 Å². The lowest BCUT2D eigenvalue weighted by Crippen LogP contribution is -2.13. The van der Waals surface area contributed by atoms with Gasteiger partial charge in [-0.1, -0.05) is 30.3 Å². The number of hydrogen-bond donors (Lipinski definition) is 2. The molecule has 3 aromatic rings. The number of sulfonamides is 1. The van der Waals surface area contributed by atoms with Crippen LogP contribution in [0.3, 0.4) is 0 Å². The first kappa shape index (κ1) is 17.3. The second kappa shape index (κ2) is 7.18. The Kier molecular flexibility index (Phi) is 4.98. The largest absolute Gasteiger partial charge is 0.307 e. The molecule has 0 radical (unpaired) electrons. The van der Waals surface area contributed by atoms with Gasteiger partial charge in [0.25, 0.3) is 0 Å². The van der Waals surface area contributed by atoms with Crippen molar-refractivity contribution in [1.29, 1.82) is 0 Å². The van der Waals surface area contributed by atoms with Gasteiger partial charge in [-0.05, 0) is 42.8 Å². The third-order valence-electron chi connectivity index (χ3n) is 3.83. The first-order chi connectivity index (χ1) is 11.9. The summed E-state index contributed by atoms with van der Waals surface area (Å²) < 4.78 is 24.5. The van der Waals surface area contributed by atoms with Gasteiger partial charge < -0.3 is 5.32 Å². The van der Waals surface area contributed by atoms with E-state index in [1.54, 1.807) is 16.8 Å². The molecule has 6 nitrogen and oxygen atoms in total. The number of nitrogens with two attached hydrogens (primary N) is 1. The molecule has 0 unspecified atom stereocenters. The fourth-order valence-electron chi connectivity index (χ4n) is 2.59. The molecule has 0 atom stereocenters. The van der Waals surface area contributed by atoms with Crippen molar-refractivity contribution in [3.63, 3.8) is 0 Å². The topological polar surface area (TPSA) is 90.0 Å². The number of hydrogen-bond acceptors (Lipinski definition) is 4. The molecule has 3 rings (SSSR count). The molecule has 0 amide bonds. The van der Waals surface area contributed by atoms with Gasteiger partial charge in [0.2, 0.25) is 10.0 Å². The number of rotatable bonds is 6. The van der Waals surface area contributed by atoms with Crippen LogP contribution in [0.2, 0.25) is 0 Å². The maximum absolute atomic E-state index is 11.3. The Morgan fingerprint density at radius 1 is 1.04 bits per heavy atom. The van der Waals surface area contributed by atoms with Gasteiger partial charge in [-0.3, -0.25) is 0 Å². The van der Waals surface area contributed by atoms with Gasteiger partial charge in [-0.25, -0.2) is 18.2 Å². The zero-order chi connectivity index (χ0) is 17.9. The number of benzene rings is 2. The Labute approximate surface area is 147 Å². The van der Waals surface area contributed by atoms with E-state index in [4.69, 9.17) is 5.14 Å². The predicted octanol–water partition coefficient (Wildman–Crippen LogP) is 2.12. The van der Waals surface area contributed by atoms with Gasteiger partial charge in [0.1, 0.15) is 0 Å². The molecule has 25 heavy (non-hydrogen) atoms. The third-order valence-corrected chi connectivity index (χ3v) is 4.76. The highest BCUT2D eigenvalue weighted by Crippen LogP contribution is 2.15. The molecule has 130 valence electrons. The van der Waals surface area contributed by atoms with Crippen LogP contribution >= 0.6 is 0 Å². The highest BCUT2D eigenvalue weighted by Gasteiger charge is 2.10. The van der Waals surface area contributed by atoms with Crippen LogP contribution in [0.1, 0.15) is 17.0 Å². The monoisotopic (exact) mass is 356 g/mol. The number of nitrogens with zero attached hydrogens (tertiary/aromatic N) is 2. The van der Waals surface area contributed by atoms with Crippen LogP contribution in [0.15, 0.2) is 65.6 Å². The highest BCUT2D eigenvalue weighted by molar-refractivity contribution is 7.89. The molecule has 0 aliphatic rings. The summed E-state index contributed by atoms with van der Waals surface area (Å²) in [6.07, 6.45) is 0. The lowest BCUT2D eigenvalue weighted by atomic mass is 10.2. The van der Waals surface area contributed by atoms with Gasteiger partial charge in [-0.2, -0.15) is 5.10 Å². The van der Waals surface area contributed by atoms with Crippen LogP contribution in [0.25, 0.3) is 5.69 Å². The summed E-state index contributed by atoms with van der Waals surface area (Å²) in [4.78, 5) is 0.0887. The van der Waals surface area contributed by atoms with Crippen molar-refractivity contribution in [2.24, 2.45) is 5.14 Å². The second-order valence-corrected chi connectivity index (χ2v) is 7.38. The fraction of sp³-hybridized carbons (Fsp3) is 0.167. The molecule has 3 N–H and O–H groups in total. The molecular weight excluding hydrogens is 336 g/mol.